The van der Waals surface area contributed by atoms with Gasteiger partial charge in [-0.3, -0.25) is 0 Å². The summed E-state index contributed by atoms with van der Waals surface area (Å²) >= 11 is 7.12. The minimum absolute atomic E-state index is 0.0329. The fourth-order valence-electron chi connectivity index (χ4n) is 3.09. The Morgan fingerprint density at radius 1 is 1.38 bits per heavy atom. The summed E-state index contributed by atoms with van der Waals surface area (Å²) in [6, 6.07) is 1.34. The third-order valence-electron chi connectivity index (χ3n) is 4.26. The van der Waals surface area contributed by atoms with Gasteiger partial charge in [-0.15, -0.1) is 11.3 Å². The maximum Gasteiger partial charge on any atom is 0.410 e. The van der Waals surface area contributed by atoms with Gasteiger partial charge in [0, 0.05) is 23.5 Å². The average molecular weight is 380 g/mol. The number of alkyl halides is 2. The molecule has 3 rings (SSSR count). The molecule has 0 bridgehead atoms. The van der Waals surface area contributed by atoms with Crippen LogP contribution in [0.2, 0.25) is 4.34 Å². The second kappa shape index (κ2) is 5.81. The molecule has 0 atom stereocenters. The molecule has 0 unspecified atom stereocenters. The normalized spacial score (nSPS) is 22.3. The molecule has 3 heterocycles. The number of halogens is 3. The highest BCUT2D eigenvalue weighted by Gasteiger charge is 2.52. The summed E-state index contributed by atoms with van der Waals surface area (Å²) in [5.74, 6) is -3.02. The molecule has 134 valence electrons. The van der Waals surface area contributed by atoms with Gasteiger partial charge in [0.15, 0.2) is 0 Å². The molecule has 1 amide bonds. The summed E-state index contributed by atoms with van der Waals surface area (Å²) in [6.45, 7) is 5.57. The van der Waals surface area contributed by atoms with E-state index in [1.54, 1.807) is 4.90 Å². The van der Waals surface area contributed by atoms with E-state index in [2.05, 4.69) is 0 Å². The lowest BCUT2D eigenvalue weighted by Gasteiger charge is -2.45. The smallest absolute Gasteiger partial charge is 0.410 e. The number of carbonyl (C=O) groups excluding carboxylic acids is 1. The molecular formula is C16H20ClF2NO3S. The lowest BCUT2D eigenvalue weighted by molar-refractivity contribution is -0.180. The first-order chi connectivity index (χ1) is 11.0. The predicted molar refractivity (Wildman–Crippen MR) is 87.9 cm³/mol. The molecule has 0 radical (unpaired) electrons. The quantitative estimate of drug-likeness (QED) is 0.653. The molecule has 2 aliphatic heterocycles. The Hall–Kier alpha value is -0.920. The molecule has 0 aromatic carbocycles. The number of piperidine rings is 1. The van der Waals surface area contributed by atoms with Gasteiger partial charge in [0.1, 0.15) is 17.8 Å². The van der Waals surface area contributed by atoms with Crippen LogP contribution in [0.15, 0.2) is 6.07 Å². The third-order valence-corrected chi connectivity index (χ3v) is 5.71. The SMILES string of the molecule is CC(C)(C)OC(=O)N1CCC2(CC1)OCC(F)(F)c1cc(Cl)sc12. The van der Waals surface area contributed by atoms with Gasteiger partial charge in [-0.05, 0) is 39.7 Å². The van der Waals surface area contributed by atoms with Gasteiger partial charge in [0.05, 0.1) is 4.34 Å². The number of hydrogen-bond donors (Lipinski definition) is 0. The zero-order valence-electron chi connectivity index (χ0n) is 13.8. The first-order valence-electron chi connectivity index (χ1n) is 7.82. The van der Waals surface area contributed by atoms with Gasteiger partial charge in [-0.1, -0.05) is 11.6 Å². The van der Waals surface area contributed by atoms with Gasteiger partial charge < -0.3 is 14.4 Å². The number of nitrogens with zero attached hydrogens (tertiary/aromatic N) is 1. The van der Waals surface area contributed by atoms with Crippen molar-refractivity contribution in [1.29, 1.82) is 0 Å². The van der Waals surface area contributed by atoms with Crippen LogP contribution in [-0.2, 0) is 21.0 Å². The molecule has 1 fully saturated rings. The summed E-state index contributed by atoms with van der Waals surface area (Å²) in [7, 11) is 0. The van der Waals surface area contributed by atoms with Gasteiger partial charge in [-0.2, -0.15) is 8.78 Å². The maximum atomic E-state index is 14.1. The minimum Gasteiger partial charge on any atom is -0.444 e. The molecule has 0 N–H and O–H groups in total. The summed E-state index contributed by atoms with van der Waals surface area (Å²) in [5.41, 5.74) is -1.38. The van der Waals surface area contributed by atoms with Crippen molar-refractivity contribution in [2.75, 3.05) is 19.7 Å². The number of fused-ring (bicyclic) bond motifs is 2. The molecule has 1 spiro atoms. The number of likely N-dealkylation sites (tertiary alicyclic amines) is 1. The minimum atomic E-state index is -3.02. The molecule has 0 saturated carbocycles. The Labute approximate surface area is 148 Å². The Balaban J connectivity index is 1.77. The van der Waals surface area contributed by atoms with Crippen molar-refractivity contribution in [3.63, 3.8) is 0 Å². The van der Waals surface area contributed by atoms with E-state index in [4.69, 9.17) is 21.1 Å². The molecule has 2 aliphatic rings. The van der Waals surface area contributed by atoms with Gasteiger partial charge in [-0.25, -0.2) is 4.79 Å². The molecule has 1 saturated heterocycles. The van der Waals surface area contributed by atoms with E-state index in [0.29, 0.717) is 35.1 Å². The van der Waals surface area contributed by atoms with Crippen molar-refractivity contribution in [3.8, 4) is 0 Å². The fourth-order valence-corrected chi connectivity index (χ4v) is 4.57. The second-order valence-corrected chi connectivity index (χ2v) is 8.93. The standard InChI is InChI=1S/C16H20ClF2NO3S/c1-14(2,3)23-13(21)20-6-4-15(5-7-20)12-10(8-11(17)24-12)16(18,19)9-22-15/h8H,4-7,9H2,1-3H3. The lowest BCUT2D eigenvalue weighted by Crippen LogP contribution is -2.50. The fraction of sp³-hybridized carbons (Fsp3) is 0.688. The number of hydrogen-bond acceptors (Lipinski definition) is 4. The average Bonchev–Trinajstić information content (AvgIpc) is 2.87. The van der Waals surface area contributed by atoms with Crippen molar-refractivity contribution in [2.24, 2.45) is 0 Å². The Bertz CT molecular complexity index is 648. The van der Waals surface area contributed by atoms with E-state index in [0.717, 1.165) is 11.3 Å². The molecule has 8 heteroatoms. The van der Waals surface area contributed by atoms with E-state index >= 15 is 0 Å². The van der Waals surface area contributed by atoms with E-state index in [1.165, 1.54) is 6.07 Å². The zero-order chi connectivity index (χ0) is 17.8. The molecule has 1 aromatic rings. The lowest BCUT2D eigenvalue weighted by atomic mass is 9.84. The van der Waals surface area contributed by atoms with Gasteiger partial charge in [0.25, 0.3) is 5.92 Å². The first-order valence-corrected chi connectivity index (χ1v) is 9.02. The van der Waals surface area contributed by atoms with Crippen LogP contribution in [0.1, 0.15) is 44.1 Å². The van der Waals surface area contributed by atoms with E-state index < -0.39 is 23.7 Å². The number of carbonyl (C=O) groups is 1. The topological polar surface area (TPSA) is 38.8 Å². The highest BCUT2D eigenvalue weighted by Crippen LogP contribution is 2.52. The molecule has 4 nitrogen and oxygen atoms in total. The summed E-state index contributed by atoms with van der Waals surface area (Å²) in [6.07, 6.45) is 0.515. The van der Waals surface area contributed by atoms with Crippen LogP contribution in [0.4, 0.5) is 13.6 Å². The highest BCUT2D eigenvalue weighted by atomic mass is 35.5. The van der Waals surface area contributed by atoms with Gasteiger partial charge in [0.2, 0.25) is 0 Å². The van der Waals surface area contributed by atoms with Crippen molar-refractivity contribution < 1.29 is 23.0 Å². The van der Waals surface area contributed by atoms with Crippen LogP contribution >= 0.6 is 22.9 Å². The van der Waals surface area contributed by atoms with Crippen molar-refractivity contribution in [1.82, 2.24) is 4.90 Å². The monoisotopic (exact) mass is 379 g/mol. The van der Waals surface area contributed by atoms with Crippen molar-refractivity contribution in [3.05, 3.63) is 20.8 Å². The van der Waals surface area contributed by atoms with E-state index in [9.17, 15) is 13.6 Å². The Kier molecular flexibility index (Phi) is 4.33. The summed E-state index contributed by atoms with van der Waals surface area (Å²) in [5, 5.41) is 0. The third kappa shape index (κ3) is 3.26. The van der Waals surface area contributed by atoms with Crippen LogP contribution < -0.4 is 0 Å². The molecule has 0 aliphatic carbocycles. The zero-order valence-corrected chi connectivity index (χ0v) is 15.4. The van der Waals surface area contributed by atoms with Crippen molar-refractivity contribution in [2.45, 2.75) is 50.7 Å². The van der Waals surface area contributed by atoms with E-state index in [-0.39, 0.29) is 11.7 Å². The first kappa shape index (κ1) is 17.9. The van der Waals surface area contributed by atoms with Crippen LogP contribution in [0, 0.1) is 0 Å². The van der Waals surface area contributed by atoms with Crippen molar-refractivity contribution >= 4 is 29.0 Å². The highest BCUT2D eigenvalue weighted by molar-refractivity contribution is 7.16. The number of rotatable bonds is 0. The van der Waals surface area contributed by atoms with Crippen LogP contribution in [0.3, 0.4) is 0 Å². The Morgan fingerprint density at radius 3 is 2.58 bits per heavy atom. The van der Waals surface area contributed by atoms with Crippen LogP contribution in [0.5, 0.6) is 0 Å². The molecule has 24 heavy (non-hydrogen) atoms. The molecule has 1 aromatic heterocycles. The second-order valence-electron chi connectivity index (χ2n) is 7.25. The predicted octanol–water partition coefficient (Wildman–Crippen LogP) is 4.75. The number of amides is 1. The van der Waals surface area contributed by atoms with E-state index in [1.807, 2.05) is 20.8 Å². The Morgan fingerprint density at radius 2 is 2.00 bits per heavy atom. The van der Waals surface area contributed by atoms with Crippen LogP contribution in [0.25, 0.3) is 0 Å². The van der Waals surface area contributed by atoms with Crippen LogP contribution in [-0.4, -0.2) is 36.3 Å². The summed E-state index contributed by atoms with van der Waals surface area (Å²) in [4.78, 5) is 14.3. The maximum absolute atomic E-state index is 14.1. The molecular weight excluding hydrogens is 360 g/mol. The number of ether oxygens (including phenoxy) is 2. The largest absolute Gasteiger partial charge is 0.444 e. The van der Waals surface area contributed by atoms with Gasteiger partial charge >= 0.3 is 6.09 Å². The number of thiophene rings is 1. The summed E-state index contributed by atoms with van der Waals surface area (Å²) < 4.78 is 39.5.